The van der Waals surface area contributed by atoms with Crippen LogP contribution in [0.15, 0.2) is 18.3 Å². The Morgan fingerprint density at radius 2 is 2.09 bits per heavy atom. The lowest BCUT2D eigenvalue weighted by Gasteiger charge is -2.39. The fourth-order valence-corrected chi connectivity index (χ4v) is 4.41. The van der Waals surface area contributed by atoms with E-state index in [-0.39, 0.29) is 34.0 Å². The zero-order valence-electron chi connectivity index (χ0n) is 13.2. The summed E-state index contributed by atoms with van der Waals surface area (Å²) < 4.78 is 0. The third-order valence-electron chi connectivity index (χ3n) is 6.35. The molecule has 0 radical (unpaired) electrons. The number of carbonyl (C=O) groups is 2. The number of carboxylic acids is 1. The Morgan fingerprint density at radius 3 is 2.64 bits per heavy atom. The molecule has 1 aromatic rings. The Kier molecular flexibility index (Phi) is 3.27. The lowest BCUT2D eigenvalue weighted by atomic mass is 9.69. The quantitative estimate of drug-likeness (QED) is 0.899. The summed E-state index contributed by atoms with van der Waals surface area (Å²) in [6, 6.07) is 3.02. The van der Waals surface area contributed by atoms with E-state index in [0.717, 1.165) is 12.8 Å². The molecule has 22 heavy (non-hydrogen) atoms. The van der Waals surface area contributed by atoms with Crippen molar-refractivity contribution in [3.05, 3.63) is 29.6 Å². The summed E-state index contributed by atoms with van der Waals surface area (Å²) in [4.78, 5) is 27.7. The van der Waals surface area contributed by atoms with Crippen LogP contribution in [0.4, 0.5) is 0 Å². The summed E-state index contributed by atoms with van der Waals surface area (Å²) in [5, 5.41) is 12.2. The van der Waals surface area contributed by atoms with Gasteiger partial charge < -0.3 is 10.4 Å². The lowest BCUT2D eigenvalue weighted by molar-refractivity contribution is 0.0685. The molecule has 0 aliphatic heterocycles. The highest BCUT2D eigenvalue weighted by Gasteiger charge is 2.61. The number of amides is 1. The van der Waals surface area contributed by atoms with Crippen LogP contribution in [0.5, 0.6) is 0 Å². The molecule has 2 bridgehead atoms. The maximum atomic E-state index is 12.5. The summed E-state index contributed by atoms with van der Waals surface area (Å²) in [5.74, 6) is -0.893. The van der Waals surface area contributed by atoms with Crippen LogP contribution < -0.4 is 5.32 Å². The number of hydrogen-bond donors (Lipinski definition) is 2. The van der Waals surface area contributed by atoms with Crippen LogP contribution >= 0.6 is 0 Å². The molecule has 2 aliphatic carbocycles. The van der Waals surface area contributed by atoms with Crippen molar-refractivity contribution >= 4 is 11.9 Å². The number of pyridine rings is 1. The molecular weight excluding hydrogens is 280 g/mol. The molecule has 3 atom stereocenters. The van der Waals surface area contributed by atoms with Crippen LogP contribution in [-0.2, 0) is 0 Å². The number of rotatable bonds is 3. The van der Waals surface area contributed by atoms with E-state index in [2.05, 4.69) is 31.1 Å². The first-order chi connectivity index (χ1) is 10.3. The highest BCUT2D eigenvalue weighted by molar-refractivity contribution is 6.03. The standard InChI is InChI=1S/C17H22N2O3/c1-16(2)10-6-7-17(16,3)12(9-10)19-14(20)13-11(15(21)22)5-4-8-18-13/h4-5,8,10,12H,6-7,9H2,1-3H3,(H,19,20)(H,21,22). The molecule has 1 heterocycles. The van der Waals surface area contributed by atoms with Gasteiger partial charge >= 0.3 is 5.97 Å². The second kappa shape index (κ2) is 4.80. The summed E-state index contributed by atoms with van der Waals surface area (Å²) in [6.45, 7) is 6.79. The molecule has 5 heteroatoms. The van der Waals surface area contributed by atoms with Gasteiger partial charge in [-0.25, -0.2) is 4.79 Å². The number of carboxylic acid groups (broad SMARTS) is 1. The number of nitrogens with one attached hydrogen (secondary N) is 1. The van der Waals surface area contributed by atoms with Crippen molar-refractivity contribution in [1.82, 2.24) is 10.3 Å². The van der Waals surface area contributed by atoms with Crippen molar-refractivity contribution in [2.75, 3.05) is 0 Å². The Labute approximate surface area is 130 Å². The molecule has 1 aromatic heterocycles. The third kappa shape index (κ3) is 1.95. The number of aromatic nitrogens is 1. The molecule has 118 valence electrons. The third-order valence-corrected chi connectivity index (χ3v) is 6.35. The number of aromatic carboxylic acids is 1. The molecule has 1 amide bonds. The van der Waals surface area contributed by atoms with E-state index < -0.39 is 5.97 Å². The van der Waals surface area contributed by atoms with Crippen LogP contribution in [-0.4, -0.2) is 28.0 Å². The first-order valence-corrected chi connectivity index (χ1v) is 7.76. The van der Waals surface area contributed by atoms with Crippen molar-refractivity contribution in [3.8, 4) is 0 Å². The minimum absolute atomic E-state index is 0.000760. The van der Waals surface area contributed by atoms with Gasteiger partial charge in [0, 0.05) is 12.2 Å². The van der Waals surface area contributed by atoms with Gasteiger partial charge in [-0.3, -0.25) is 9.78 Å². The molecule has 2 aliphatic rings. The largest absolute Gasteiger partial charge is 0.478 e. The van der Waals surface area contributed by atoms with E-state index in [4.69, 9.17) is 0 Å². The smallest absolute Gasteiger partial charge is 0.338 e. The van der Waals surface area contributed by atoms with Crippen LogP contribution in [0.3, 0.4) is 0 Å². The lowest BCUT2D eigenvalue weighted by Crippen LogP contribution is -2.47. The molecule has 0 aromatic carbocycles. The Bertz CT molecular complexity index is 641. The monoisotopic (exact) mass is 302 g/mol. The fourth-order valence-electron chi connectivity index (χ4n) is 4.41. The zero-order chi connectivity index (χ0) is 16.1. The van der Waals surface area contributed by atoms with E-state index in [0.29, 0.717) is 5.92 Å². The minimum Gasteiger partial charge on any atom is -0.478 e. The van der Waals surface area contributed by atoms with Gasteiger partial charge in [0.2, 0.25) is 0 Å². The van der Waals surface area contributed by atoms with Crippen molar-refractivity contribution in [1.29, 1.82) is 0 Å². The minimum atomic E-state index is -1.13. The molecule has 0 spiro atoms. The summed E-state index contributed by atoms with van der Waals surface area (Å²) in [7, 11) is 0. The summed E-state index contributed by atoms with van der Waals surface area (Å²) in [6.07, 6.45) is 4.72. The van der Waals surface area contributed by atoms with Gasteiger partial charge in [-0.15, -0.1) is 0 Å². The summed E-state index contributed by atoms with van der Waals surface area (Å²) in [5.41, 5.74) is 0.211. The zero-order valence-corrected chi connectivity index (χ0v) is 13.2. The molecule has 0 saturated heterocycles. The molecule has 3 rings (SSSR count). The predicted octanol–water partition coefficient (Wildman–Crippen LogP) is 2.72. The number of fused-ring (bicyclic) bond motifs is 2. The molecule has 5 nitrogen and oxygen atoms in total. The topological polar surface area (TPSA) is 79.3 Å². The van der Waals surface area contributed by atoms with Gasteiger partial charge in [0.15, 0.2) is 0 Å². The highest BCUT2D eigenvalue weighted by Crippen LogP contribution is 2.65. The van der Waals surface area contributed by atoms with Gasteiger partial charge in [0.1, 0.15) is 5.69 Å². The first-order valence-electron chi connectivity index (χ1n) is 7.76. The number of hydrogen-bond acceptors (Lipinski definition) is 3. The SMILES string of the molecule is CC1(C)C2CCC1(C)C(NC(=O)c1ncccc1C(=O)O)C2. The average molecular weight is 302 g/mol. The molecular formula is C17H22N2O3. The second-order valence-electron chi connectivity index (χ2n) is 7.34. The summed E-state index contributed by atoms with van der Waals surface area (Å²) >= 11 is 0. The maximum Gasteiger partial charge on any atom is 0.338 e. The van der Waals surface area contributed by atoms with E-state index in [1.165, 1.54) is 24.8 Å². The van der Waals surface area contributed by atoms with E-state index in [1.807, 2.05) is 0 Å². The Morgan fingerprint density at radius 1 is 1.36 bits per heavy atom. The van der Waals surface area contributed by atoms with Gasteiger partial charge in [-0.05, 0) is 48.1 Å². The van der Waals surface area contributed by atoms with Gasteiger partial charge in [0.25, 0.3) is 5.91 Å². The number of nitrogens with zero attached hydrogens (tertiary/aromatic N) is 1. The van der Waals surface area contributed by atoms with Gasteiger partial charge in [0.05, 0.1) is 5.56 Å². The molecule has 2 N–H and O–H groups in total. The fraction of sp³-hybridized carbons (Fsp3) is 0.588. The molecule has 3 unspecified atom stereocenters. The molecule has 2 saturated carbocycles. The Balaban J connectivity index is 1.84. The van der Waals surface area contributed by atoms with E-state index >= 15 is 0 Å². The van der Waals surface area contributed by atoms with Crippen LogP contribution in [0.1, 0.15) is 60.9 Å². The van der Waals surface area contributed by atoms with Crippen molar-refractivity contribution in [2.24, 2.45) is 16.7 Å². The van der Waals surface area contributed by atoms with E-state index in [9.17, 15) is 14.7 Å². The Hall–Kier alpha value is -1.91. The van der Waals surface area contributed by atoms with Crippen molar-refractivity contribution < 1.29 is 14.7 Å². The van der Waals surface area contributed by atoms with Crippen molar-refractivity contribution in [3.63, 3.8) is 0 Å². The van der Waals surface area contributed by atoms with Crippen LogP contribution in [0.2, 0.25) is 0 Å². The maximum absolute atomic E-state index is 12.5. The number of carbonyl (C=O) groups excluding carboxylic acids is 1. The van der Waals surface area contributed by atoms with Gasteiger partial charge in [-0.1, -0.05) is 20.8 Å². The highest BCUT2D eigenvalue weighted by atomic mass is 16.4. The molecule has 2 fully saturated rings. The first kappa shape index (κ1) is 15.0. The normalized spacial score (nSPS) is 32.0. The van der Waals surface area contributed by atoms with Crippen LogP contribution in [0.25, 0.3) is 0 Å². The average Bonchev–Trinajstić information content (AvgIpc) is 2.80. The van der Waals surface area contributed by atoms with E-state index in [1.54, 1.807) is 0 Å². The van der Waals surface area contributed by atoms with Gasteiger partial charge in [-0.2, -0.15) is 0 Å². The predicted molar refractivity (Wildman–Crippen MR) is 81.7 cm³/mol. The van der Waals surface area contributed by atoms with Crippen molar-refractivity contribution in [2.45, 2.75) is 46.1 Å². The van der Waals surface area contributed by atoms with Crippen LogP contribution in [0, 0.1) is 16.7 Å². The second-order valence-corrected chi connectivity index (χ2v) is 7.34.